The molecule has 0 unspecified atom stereocenters. The summed E-state index contributed by atoms with van der Waals surface area (Å²) in [5, 5.41) is 2.48. The van der Waals surface area contributed by atoms with E-state index in [2.05, 4.69) is 31.9 Å². The summed E-state index contributed by atoms with van der Waals surface area (Å²) >= 11 is 5.94. The Balaban J connectivity index is 2.30. The predicted octanol–water partition coefficient (Wildman–Crippen LogP) is 6.33. The average molecular weight is 598 g/mol. The Bertz CT molecular complexity index is 918. The summed E-state index contributed by atoms with van der Waals surface area (Å²) in [4.78, 5) is 23.2. The van der Waals surface area contributed by atoms with Gasteiger partial charge in [0.1, 0.15) is 0 Å². The lowest BCUT2D eigenvalue weighted by Gasteiger charge is -2.35. The van der Waals surface area contributed by atoms with Gasteiger partial charge in [-0.15, -0.1) is 0 Å². The smallest absolute Gasteiger partial charge is 0.321 e. The van der Waals surface area contributed by atoms with Gasteiger partial charge in [-0.3, -0.25) is 9.59 Å². The van der Waals surface area contributed by atoms with Crippen molar-refractivity contribution in [1.82, 2.24) is 0 Å². The lowest BCUT2D eigenvalue weighted by molar-refractivity contribution is -0.345. The van der Waals surface area contributed by atoms with E-state index < -0.39 is 46.9 Å². The highest BCUT2D eigenvalue weighted by Crippen LogP contribution is 2.53. The molecule has 0 saturated heterocycles. The van der Waals surface area contributed by atoms with Crippen LogP contribution in [0.15, 0.2) is 57.5 Å². The highest BCUT2D eigenvalue weighted by atomic mass is 79.9. The van der Waals surface area contributed by atoms with Crippen molar-refractivity contribution in [3.63, 3.8) is 0 Å². The van der Waals surface area contributed by atoms with E-state index in [0.29, 0.717) is 8.95 Å². The maximum atomic E-state index is 14.0. The van der Waals surface area contributed by atoms with E-state index in [1.54, 1.807) is 0 Å². The van der Waals surface area contributed by atoms with Crippen molar-refractivity contribution in [2.45, 2.75) is 23.7 Å². The summed E-state index contributed by atoms with van der Waals surface area (Å²) in [6.45, 7) is 0. The van der Waals surface area contributed by atoms with E-state index in [9.17, 15) is 44.7 Å². The van der Waals surface area contributed by atoms with Crippen molar-refractivity contribution in [2.75, 3.05) is 10.6 Å². The van der Waals surface area contributed by atoms with Crippen molar-refractivity contribution >= 4 is 55.0 Å². The van der Waals surface area contributed by atoms with Gasteiger partial charge in [-0.2, -0.15) is 35.1 Å². The molecule has 0 saturated carbocycles. The second-order valence-corrected chi connectivity index (χ2v) is 8.05. The molecule has 0 atom stereocenters. The highest BCUT2D eigenvalue weighted by Gasteiger charge is 2.84. The minimum atomic E-state index is -6.96. The molecule has 2 aromatic rings. The van der Waals surface area contributed by atoms with Crippen LogP contribution in [0.1, 0.15) is 0 Å². The first-order chi connectivity index (χ1) is 14.5. The molecule has 0 bridgehead atoms. The van der Waals surface area contributed by atoms with Gasteiger partial charge in [-0.25, -0.2) is 0 Å². The van der Waals surface area contributed by atoms with E-state index in [1.165, 1.54) is 34.9 Å². The van der Waals surface area contributed by atoms with Crippen LogP contribution in [0.3, 0.4) is 0 Å². The van der Waals surface area contributed by atoms with E-state index >= 15 is 0 Å². The van der Waals surface area contributed by atoms with Crippen LogP contribution < -0.4 is 10.6 Å². The maximum absolute atomic E-state index is 14.0. The fraction of sp³-hybridized carbons (Fsp3) is 0.222. The summed E-state index contributed by atoms with van der Waals surface area (Å²) in [5.74, 6) is -32.5. The first-order valence-corrected chi connectivity index (χ1v) is 9.78. The average Bonchev–Trinajstić information content (AvgIpc) is 2.70. The molecule has 174 valence electrons. The van der Waals surface area contributed by atoms with Gasteiger partial charge < -0.3 is 10.6 Å². The molecule has 2 rings (SSSR count). The molecule has 0 aliphatic rings. The van der Waals surface area contributed by atoms with Gasteiger partial charge in [0.15, 0.2) is 0 Å². The number of carbonyl (C=O) groups excluding carboxylic acids is 2. The first-order valence-electron chi connectivity index (χ1n) is 8.19. The Morgan fingerprint density at radius 3 is 1.06 bits per heavy atom. The molecule has 2 amide bonds. The van der Waals surface area contributed by atoms with Crippen LogP contribution >= 0.6 is 31.9 Å². The lowest BCUT2D eigenvalue weighted by atomic mass is 9.97. The van der Waals surface area contributed by atoms with Crippen molar-refractivity contribution in [1.29, 1.82) is 0 Å². The zero-order valence-electron chi connectivity index (χ0n) is 15.2. The second-order valence-electron chi connectivity index (χ2n) is 6.22. The van der Waals surface area contributed by atoms with E-state index in [1.807, 2.05) is 0 Å². The van der Waals surface area contributed by atoms with Crippen LogP contribution in [0, 0.1) is 0 Å². The SMILES string of the molecule is O=C(Nc1ccc(Br)cc1)C(F)(F)C(F)(F)C(F)(F)C(F)(F)C(=O)Nc1ccc(Br)cc1. The largest absolute Gasteiger partial charge is 0.393 e. The summed E-state index contributed by atoms with van der Waals surface area (Å²) in [7, 11) is 0. The van der Waals surface area contributed by atoms with Crippen LogP contribution in [0.5, 0.6) is 0 Å². The Hall–Kier alpha value is -2.22. The number of nitrogens with one attached hydrogen (secondary N) is 2. The minimum Gasteiger partial charge on any atom is -0.321 e. The molecule has 0 aromatic heterocycles. The molecule has 2 aromatic carbocycles. The normalized spacial score (nSPS) is 12.9. The predicted molar refractivity (Wildman–Crippen MR) is 105 cm³/mol. The molecule has 32 heavy (non-hydrogen) atoms. The molecule has 4 nitrogen and oxygen atoms in total. The van der Waals surface area contributed by atoms with Gasteiger partial charge in [-0.05, 0) is 48.5 Å². The number of alkyl halides is 8. The Labute approximate surface area is 191 Å². The van der Waals surface area contributed by atoms with E-state index in [-0.39, 0.29) is 0 Å². The van der Waals surface area contributed by atoms with Crippen LogP contribution in [0.25, 0.3) is 0 Å². The monoisotopic (exact) mass is 596 g/mol. The number of anilines is 2. The number of amides is 2. The van der Waals surface area contributed by atoms with Crippen molar-refractivity contribution in [3.8, 4) is 0 Å². The van der Waals surface area contributed by atoms with E-state index in [0.717, 1.165) is 24.3 Å². The third-order valence-electron chi connectivity index (χ3n) is 3.96. The molecule has 0 radical (unpaired) electrons. The molecule has 0 fully saturated rings. The third-order valence-corrected chi connectivity index (χ3v) is 5.01. The van der Waals surface area contributed by atoms with E-state index in [4.69, 9.17) is 0 Å². The quantitative estimate of drug-likeness (QED) is 0.367. The van der Waals surface area contributed by atoms with Gasteiger partial charge in [-0.1, -0.05) is 31.9 Å². The Kier molecular flexibility index (Phi) is 7.29. The van der Waals surface area contributed by atoms with Crippen LogP contribution in [0.4, 0.5) is 46.5 Å². The van der Waals surface area contributed by atoms with Gasteiger partial charge in [0, 0.05) is 20.3 Å². The van der Waals surface area contributed by atoms with Crippen molar-refractivity contribution in [3.05, 3.63) is 57.5 Å². The molecule has 0 aliphatic carbocycles. The highest BCUT2D eigenvalue weighted by molar-refractivity contribution is 9.10. The van der Waals surface area contributed by atoms with Crippen LogP contribution in [-0.2, 0) is 9.59 Å². The summed E-state index contributed by atoms with van der Waals surface area (Å²) in [6.07, 6.45) is 0. The molecule has 2 N–H and O–H groups in total. The maximum Gasteiger partial charge on any atom is 0.393 e. The number of carbonyl (C=O) groups is 2. The molecule has 14 heteroatoms. The van der Waals surface area contributed by atoms with Crippen molar-refractivity contribution in [2.24, 2.45) is 0 Å². The first kappa shape index (κ1) is 26.0. The second kappa shape index (κ2) is 8.96. The zero-order chi connectivity index (χ0) is 24.5. The lowest BCUT2D eigenvalue weighted by Crippen LogP contribution is -2.67. The fourth-order valence-electron chi connectivity index (χ4n) is 2.17. The van der Waals surface area contributed by atoms with Crippen LogP contribution in [0.2, 0.25) is 0 Å². The number of rotatable bonds is 7. The van der Waals surface area contributed by atoms with Gasteiger partial charge >= 0.3 is 35.5 Å². The Morgan fingerprint density at radius 1 is 0.562 bits per heavy atom. The summed E-state index contributed by atoms with van der Waals surface area (Å²) < 4.78 is 113. The molecule has 0 heterocycles. The molecule has 0 spiro atoms. The third kappa shape index (κ3) is 4.75. The molecule has 0 aliphatic heterocycles. The zero-order valence-corrected chi connectivity index (χ0v) is 18.4. The van der Waals surface area contributed by atoms with Gasteiger partial charge in [0.2, 0.25) is 0 Å². The van der Waals surface area contributed by atoms with Gasteiger partial charge in [0.25, 0.3) is 0 Å². The number of benzene rings is 2. The molecular weight excluding hydrogens is 588 g/mol. The number of hydrogen-bond donors (Lipinski definition) is 2. The van der Waals surface area contributed by atoms with Crippen LogP contribution in [-0.4, -0.2) is 35.5 Å². The number of hydrogen-bond acceptors (Lipinski definition) is 2. The number of halogens is 10. The molecular formula is C18H10Br2F8N2O2. The summed E-state index contributed by atoms with van der Waals surface area (Å²) in [6, 6.07) is 8.59. The fourth-order valence-corrected chi connectivity index (χ4v) is 2.69. The van der Waals surface area contributed by atoms with Gasteiger partial charge in [0.05, 0.1) is 0 Å². The topological polar surface area (TPSA) is 58.2 Å². The standard InChI is InChI=1S/C18H10Br2F8N2O2/c19-9-1-5-11(6-2-9)29-13(31)15(21,22)17(25,26)18(27,28)16(23,24)14(32)30-12-7-3-10(20)4-8-12/h1-8H,(H,29,31)(H,30,32). The summed E-state index contributed by atoms with van der Waals surface area (Å²) in [5.41, 5.74) is -1.01. The minimum absolute atomic E-state index is 0.399. The van der Waals surface area contributed by atoms with Crippen molar-refractivity contribution < 1.29 is 44.7 Å². The Morgan fingerprint density at radius 2 is 0.812 bits per heavy atom.